The summed E-state index contributed by atoms with van der Waals surface area (Å²) >= 11 is 0. The number of anilines is 1. The average molecular weight is 269 g/mol. The molecule has 8 heteroatoms. The molecule has 0 unspecified atom stereocenters. The number of amides is 3. The van der Waals surface area contributed by atoms with Gasteiger partial charge in [-0.05, 0) is 24.3 Å². The van der Waals surface area contributed by atoms with Crippen molar-refractivity contribution in [1.82, 2.24) is 5.32 Å². The maximum Gasteiger partial charge on any atom is 0.326 e. The molecule has 1 atom stereocenters. The summed E-state index contributed by atoms with van der Waals surface area (Å²) in [5, 5.41) is 13.1. The lowest BCUT2D eigenvalue weighted by Crippen LogP contribution is -2.45. The first kappa shape index (κ1) is 14.4. The second-order valence-electron chi connectivity index (χ2n) is 3.67. The summed E-state index contributed by atoms with van der Waals surface area (Å²) in [6.07, 6.45) is -0.522. The summed E-state index contributed by atoms with van der Waals surface area (Å²) in [5.41, 5.74) is 5.14. The van der Waals surface area contributed by atoms with Crippen molar-refractivity contribution in [3.63, 3.8) is 0 Å². The maximum atomic E-state index is 12.6. The number of nitrogens with two attached hydrogens (primary N) is 1. The molecule has 1 aromatic rings. The molecule has 0 aliphatic rings. The summed E-state index contributed by atoms with van der Waals surface area (Å²) < 4.78 is 12.6. The highest BCUT2D eigenvalue weighted by atomic mass is 19.1. The van der Waals surface area contributed by atoms with Gasteiger partial charge in [-0.25, -0.2) is 14.0 Å². The van der Waals surface area contributed by atoms with Crippen LogP contribution in [-0.2, 0) is 9.59 Å². The van der Waals surface area contributed by atoms with E-state index in [4.69, 9.17) is 10.8 Å². The zero-order chi connectivity index (χ0) is 14.4. The summed E-state index contributed by atoms with van der Waals surface area (Å²) in [6.45, 7) is 0. The summed E-state index contributed by atoms with van der Waals surface area (Å²) in [5.74, 6) is -2.70. The van der Waals surface area contributed by atoms with Crippen LogP contribution in [0.15, 0.2) is 24.3 Å². The van der Waals surface area contributed by atoms with Gasteiger partial charge in [-0.1, -0.05) is 0 Å². The van der Waals surface area contributed by atoms with Crippen LogP contribution >= 0.6 is 0 Å². The second kappa shape index (κ2) is 6.34. The molecule has 0 fully saturated rings. The minimum absolute atomic E-state index is 0.280. The number of primary amides is 1. The highest BCUT2D eigenvalue weighted by Crippen LogP contribution is 2.08. The Labute approximate surface area is 107 Å². The van der Waals surface area contributed by atoms with Crippen molar-refractivity contribution >= 4 is 23.6 Å². The molecule has 19 heavy (non-hydrogen) atoms. The maximum absolute atomic E-state index is 12.6. The standard InChI is InChI=1S/C11H12FN3O4/c12-6-1-3-7(4-2-6)14-11(19)15-8(10(17)18)5-9(13)16/h1-4,8H,5H2,(H2,13,16)(H,17,18)(H2,14,15,19)/t8-/m0/s1. The fourth-order valence-electron chi connectivity index (χ4n) is 1.26. The van der Waals surface area contributed by atoms with Crippen molar-refractivity contribution in [3.8, 4) is 0 Å². The van der Waals surface area contributed by atoms with Gasteiger partial charge in [0.25, 0.3) is 0 Å². The third-order valence-corrected chi connectivity index (χ3v) is 2.11. The van der Waals surface area contributed by atoms with Crippen LogP contribution in [0.1, 0.15) is 6.42 Å². The molecule has 0 radical (unpaired) electrons. The number of carboxylic acid groups (broad SMARTS) is 1. The van der Waals surface area contributed by atoms with Gasteiger partial charge in [0.05, 0.1) is 6.42 Å². The molecule has 0 aliphatic heterocycles. The quantitative estimate of drug-likeness (QED) is 0.613. The SMILES string of the molecule is NC(=O)C[C@H](NC(=O)Nc1ccc(F)cc1)C(=O)O. The largest absolute Gasteiger partial charge is 0.480 e. The molecule has 102 valence electrons. The molecule has 7 nitrogen and oxygen atoms in total. The van der Waals surface area contributed by atoms with Crippen LogP contribution in [0.2, 0.25) is 0 Å². The number of carbonyl (C=O) groups excluding carboxylic acids is 2. The zero-order valence-corrected chi connectivity index (χ0v) is 9.72. The number of rotatable bonds is 5. The molecule has 3 amide bonds. The van der Waals surface area contributed by atoms with E-state index in [1.54, 1.807) is 0 Å². The Bertz CT molecular complexity index is 489. The van der Waals surface area contributed by atoms with Gasteiger partial charge in [-0.15, -0.1) is 0 Å². The number of benzene rings is 1. The predicted octanol–water partition coefficient (Wildman–Crippen LogP) is 0.276. The number of hydrogen-bond donors (Lipinski definition) is 4. The van der Waals surface area contributed by atoms with Gasteiger partial charge in [0.15, 0.2) is 0 Å². The Morgan fingerprint density at radius 1 is 1.26 bits per heavy atom. The number of aliphatic carboxylic acids is 1. The number of carboxylic acids is 1. The van der Waals surface area contributed by atoms with Crippen LogP contribution in [0.25, 0.3) is 0 Å². The van der Waals surface area contributed by atoms with Crippen molar-refractivity contribution in [2.75, 3.05) is 5.32 Å². The summed E-state index contributed by atoms with van der Waals surface area (Å²) in [6, 6.07) is 2.62. The molecule has 0 spiro atoms. The lowest BCUT2D eigenvalue weighted by Gasteiger charge is -2.13. The van der Waals surface area contributed by atoms with Gasteiger partial charge >= 0.3 is 12.0 Å². The van der Waals surface area contributed by atoms with Crippen LogP contribution in [0.3, 0.4) is 0 Å². The third kappa shape index (κ3) is 5.02. The van der Waals surface area contributed by atoms with Gasteiger partial charge in [0, 0.05) is 5.69 Å². The molecular formula is C11H12FN3O4. The number of hydrogen-bond acceptors (Lipinski definition) is 3. The molecule has 0 saturated heterocycles. The zero-order valence-electron chi connectivity index (χ0n) is 9.72. The van der Waals surface area contributed by atoms with Crippen LogP contribution < -0.4 is 16.4 Å². The monoisotopic (exact) mass is 269 g/mol. The minimum atomic E-state index is -1.42. The molecular weight excluding hydrogens is 257 g/mol. The average Bonchev–Trinajstić information content (AvgIpc) is 2.30. The topological polar surface area (TPSA) is 122 Å². The lowest BCUT2D eigenvalue weighted by atomic mass is 10.2. The normalized spacial score (nSPS) is 11.4. The highest BCUT2D eigenvalue weighted by Gasteiger charge is 2.21. The molecule has 0 heterocycles. The Morgan fingerprint density at radius 2 is 1.84 bits per heavy atom. The summed E-state index contributed by atoms with van der Waals surface area (Å²) in [7, 11) is 0. The molecule has 0 aromatic heterocycles. The minimum Gasteiger partial charge on any atom is -0.480 e. The number of nitrogens with one attached hydrogen (secondary N) is 2. The Hall–Kier alpha value is -2.64. The lowest BCUT2D eigenvalue weighted by molar-refractivity contribution is -0.140. The van der Waals surface area contributed by atoms with Crippen LogP contribution in [-0.4, -0.2) is 29.1 Å². The van der Waals surface area contributed by atoms with E-state index in [0.29, 0.717) is 0 Å². The second-order valence-corrected chi connectivity index (χ2v) is 3.67. The highest BCUT2D eigenvalue weighted by molar-refractivity contribution is 5.93. The van der Waals surface area contributed by atoms with Gasteiger partial charge in [0.2, 0.25) is 5.91 Å². The van der Waals surface area contributed by atoms with E-state index in [0.717, 1.165) is 12.1 Å². The van der Waals surface area contributed by atoms with Crippen molar-refractivity contribution in [1.29, 1.82) is 0 Å². The molecule has 0 bridgehead atoms. The third-order valence-electron chi connectivity index (χ3n) is 2.11. The Balaban J connectivity index is 2.59. The van der Waals surface area contributed by atoms with Crippen LogP contribution in [0, 0.1) is 5.82 Å². The molecule has 0 aliphatic carbocycles. The van der Waals surface area contributed by atoms with Crippen molar-refractivity contribution in [2.45, 2.75) is 12.5 Å². The fraction of sp³-hybridized carbons (Fsp3) is 0.182. The van der Waals surface area contributed by atoms with Gasteiger partial charge in [-0.2, -0.15) is 0 Å². The smallest absolute Gasteiger partial charge is 0.326 e. The van der Waals surface area contributed by atoms with E-state index in [1.807, 2.05) is 0 Å². The molecule has 0 saturated carbocycles. The van der Waals surface area contributed by atoms with E-state index < -0.39 is 36.2 Å². The van der Waals surface area contributed by atoms with E-state index in [2.05, 4.69) is 10.6 Å². The molecule has 5 N–H and O–H groups in total. The number of halogens is 1. The van der Waals surface area contributed by atoms with Gasteiger partial charge in [0.1, 0.15) is 11.9 Å². The van der Waals surface area contributed by atoms with E-state index in [1.165, 1.54) is 12.1 Å². The first-order chi connectivity index (χ1) is 8.88. The first-order valence-electron chi connectivity index (χ1n) is 5.22. The van der Waals surface area contributed by atoms with Crippen molar-refractivity contribution < 1.29 is 23.9 Å². The van der Waals surface area contributed by atoms with E-state index in [-0.39, 0.29) is 5.69 Å². The molecule has 1 rings (SSSR count). The van der Waals surface area contributed by atoms with Gasteiger partial charge in [-0.3, -0.25) is 4.79 Å². The molecule has 1 aromatic carbocycles. The van der Waals surface area contributed by atoms with Gasteiger partial charge < -0.3 is 21.5 Å². The summed E-state index contributed by atoms with van der Waals surface area (Å²) in [4.78, 5) is 32.9. The van der Waals surface area contributed by atoms with Crippen molar-refractivity contribution in [3.05, 3.63) is 30.1 Å². The van der Waals surface area contributed by atoms with E-state index >= 15 is 0 Å². The van der Waals surface area contributed by atoms with Crippen molar-refractivity contribution in [2.24, 2.45) is 5.73 Å². The number of carbonyl (C=O) groups is 3. The Kier molecular flexibility index (Phi) is 4.81. The van der Waals surface area contributed by atoms with Crippen LogP contribution in [0.4, 0.5) is 14.9 Å². The predicted molar refractivity (Wildman–Crippen MR) is 63.8 cm³/mol. The Morgan fingerprint density at radius 3 is 2.32 bits per heavy atom. The fourth-order valence-corrected chi connectivity index (χ4v) is 1.26. The van der Waals surface area contributed by atoms with Crippen LogP contribution in [0.5, 0.6) is 0 Å². The number of urea groups is 1. The first-order valence-corrected chi connectivity index (χ1v) is 5.22. The van der Waals surface area contributed by atoms with E-state index in [9.17, 15) is 18.8 Å².